The van der Waals surface area contributed by atoms with Crippen molar-refractivity contribution >= 4 is 25.6 Å². The van der Waals surface area contributed by atoms with E-state index < -0.39 is 15.2 Å². The van der Waals surface area contributed by atoms with Gasteiger partial charge in [0, 0.05) is 0 Å². The smallest absolute Gasteiger partial charge is 0.0669 e. The SMILES string of the molecule is C[Si@]1(c2ccccc2)CCCC[Si@]1(C)c1ccccc1. The van der Waals surface area contributed by atoms with Gasteiger partial charge in [-0.05, 0) is 0 Å². The van der Waals surface area contributed by atoms with Gasteiger partial charge in [0.05, 0.1) is 15.2 Å². The first-order chi connectivity index (χ1) is 9.67. The van der Waals surface area contributed by atoms with Gasteiger partial charge < -0.3 is 0 Å². The van der Waals surface area contributed by atoms with E-state index >= 15 is 0 Å². The van der Waals surface area contributed by atoms with Crippen LogP contribution < -0.4 is 10.4 Å². The zero-order chi connectivity index (χ0) is 14.1. The first kappa shape index (κ1) is 13.8. The van der Waals surface area contributed by atoms with E-state index in [-0.39, 0.29) is 0 Å². The fourth-order valence-electron chi connectivity index (χ4n) is 4.05. The highest BCUT2D eigenvalue weighted by atomic mass is 29.3. The van der Waals surface area contributed by atoms with Gasteiger partial charge in [-0.15, -0.1) is 0 Å². The van der Waals surface area contributed by atoms with E-state index in [1.807, 2.05) is 0 Å². The molecule has 3 rings (SSSR count). The third-order valence-corrected chi connectivity index (χ3v) is 24.5. The largest absolute Gasteiger partial charge is 0.0824 e. The van der Waals surface area contributed by atoms with Gasteiger partial charge in [-0.3, -0.25) is 0 Å². The van der Waals surface area contributed by atoms with Crippen molar-refractivity contribution in [2.24, 2.45) is 0 Å². The van der Waals surface area contributed by atoms with E-state index in [1.165, 1.54) is 24.9 Å². The lowest BCUT2D eigenvalue weighted by molar-refractivity contribution is 0.844. The molecule has 1 fully saturated rings. The van der Waals surface area contributed by atoms with Gasteiger partial charge in [-0.25, -0.2) is 0 Å². The third kappa shape index (κ3) is 2.11. The zero-order valence-electron chi connectivity index (χ0n) is 12.6. The van der Waals surface area contributed by atoms with Crippen LogP contribution in [0, 0.1) is 0 Å². The van der Waals surface area contributed by atoms with Crippen molar-refractivity contribution in [3.05, 3.63) is 60.7 Å². The van der Waals surface area contributed by atoms with E-state index in [9.17, 15) is 0 Å². The molecule has 0 saturated carbocycles. The van der Waals surface area contributed by atoms with Crippen LogP contribution in [-0.2, 0) is 0 Å². The predicted molar refractivity (Wildman–Crippen MR) is 94.2 cm³/mol. The Kier molecular flexibility index (Phi) is 3.69. The second kappa shape index (κ2) is 5.34. The van der Waals surface area contributed by atoms with Crippen LogP contribution in [0.15, 0.2) is 60.7 Å². The Hall–Kier alpha value is -1.13. The lowest BCUT2D eigenvalue weighted by Crippen LogP contribution is -2.73. The Balaban J connectivity index is 2.12. The van der Waals surface area contributed by atoms with Gasteiger partial charge in [0.2, 0.25) is 0 Å². The standard InChI is InChI=1S/C18H24Si2/c1-19(17-11-5-3-6-12-17)15-9-10-16-20(19,2)18-13-7-4-8-14-18/h3-8,11-14H,9-10,15-16H2,1-2H3/t19-,20-/m1/s1. The van der Waals surface area contributed by atoms with Crippen molar-refractivity contribution in [3.63, 3.8) is 0 Å². The molecule has 1 heterocycles. The molecule has 1 aliphatic rings. The molecule has 0 bridgehead atoms. The van der Waals surface area contributed by atoms with E-state index in [0.717, 1.165) is 0 Å². The minimum atomic E-state index is -1.37. The molecule has 1 aliphatic heterocycles. The molecule has 0 nitrogen and oxygen atoms in total. The maximum atomic E-state index is 2.67. The molecule has 2 aromatic carbocycles. The molecule has 2 atom stereocenters. The van der Waals surface area contributed by atoms with Crippen LogP contribution >= 0.6 is 0 Å². The summed E-state index contributed by atoms with van der Waals surface area (Å²) < 4.78 is 0. The van der Waals surface area contributed by atoms with Crippen molar-refractivity contribution in [1.82, 2.24) is 0 Å². The van der Waals surface area contributed by atoms with Gasteiger partial charge in [0.15, 0.2) is 0 Å². The molecular formula is C18H24Si2. The molecular weight excluding hydrogens is 272 g/mol. The van der Waals surface area contributed by atoms with Crippen molar-refractivity contribution in [2.75, 3.05) is 0 Å². The Morgan fingerprint density at radius 1 is 0.600 bits per heavy atom. The second-order valence-corrected chi connectivity index (χ2v) is 20.7. The van der Waals surface area contributed by atoms with Crippen LogP contribution in [0.5, 0.6) is 0 Å². The summed E-state index contributed by atoms with van der Waals surface area (Å²) in [6.07, 6.45) is 2.88. The lowest BCUT2D eigenvalue weighted by atomic mass is 10.4. The first-order valence-corrected chi connectivity index (χ1v) is 14.2. The molecule has 0 spiro atoms. The minimum absolute atomic E-state index is 1.37. The van der Waals surface area contributed by atoms with E-state index in [4.69, 9.17) is 0 Å². The summed E-state index contributed by atoms with van der Waals surface area (Å²) in [4.78, 5) is 0. The van der Waals surface area contributed by atoms with E-state index in [1.54, 1.807) is 10.4 Å². The highest BCUT2D eigenvalue weighted by Crippen LogP contribution is 2.35. The molecule has 104 valence electrons. The van der Waals surface area contributed by atoms with Crippen molar-refractivity contribution in [1.29, 1.82) is 0 Å². The van der Waals surface area contributed by atoms with Crippen LogP contribution in [0.4, 0.5) is 0 Å². The Bertz CT molecular complexity index is 513. The van der Waals surface area contributed by atoms with Crippen LogP contribution in [-0.4, -0.2) is 15.2 Å². The summed E-state index contributed by atoms with van der Waals surface area (Å²) in [6.45, 7) is 5.33. The molecule has 0 radical (unpaired) electrons. The van der Waals surface area contributed by atoms with Crippen molar-refractivity contribution < 1.29 is 0 Å². The van der Waals surface area contributed by atoms with Crippen molar-refractivity contribution in [3.8, 4) is 0 Å². The maximum absolute atomic E-state index is 2.67. The number of rotatable bonds is 2. The molecule has 0 aliphatic carbocycles. The molecule has 2 heteroatoms. The molecule has 0 N–H and O–H groups in total. The average Bonchev–Trinajstić information content (AvgIpc) is 2.52. The van der Waals surface area contributed by atoms with Crippen LogP contribution in [0.3, 0.4) is 0 Å². The Labute approximate surface area is 124 Å². The summed E-state index contributed by atoms with van der Waals surface area (Å²) in [6, 6.07) is 25.9. The highest BCUT2D eigenvalue weighted by Gasteiger charge is 2.51. The Morgan fingerprint density at radius 2 is 0.950 bits per heavy atom. The van der Waals surface area contributed by atoms with Gasteiger partial charge in [-0.2, -0.15) is 0 Å². The molecule has 1 saturated heterocycles. The van der Waals surface area contributed by atoms with Gasteiger partial charge in [0.1, 0.15) is 0 Å². The number of hydrogen-bond acceptors (Lipinski definition) is 0. The monoisotopic (exact) mass is 296 g/mol. The van der Waals surface area contributed by atoms with Crippen LogP contribution in [0.25, 0.3) is 0 Å². The second-order valence-electron chi connectivity index (χ2n) is 6.60. The van der Waals surface area contributed by atoms with E-state index in [0.29, 0.717) is 0 Å². The lowest BCUT2D eigenvalue weighted by Gasteiger charge is -2.48. The van der Waals surface area contributed by atoms with E-state index in [2.05, 4.69) is 73.8 Å². The normalized spacial score (nSPS) is 30.1. The van der Waals surface area contributed by atoms with Crippen LogP contribution in [0.2, 0.25) is 25.2 Å². The topological polar surface area (TPSA) is 0 Å². The maximum Gasteiger partial charge on any atom is 0.0824 e. The Morgan fingerprint density at radius 3 is 1.30 bits per heavy atom. The molecule has 20 heavy (non-hydrogen) atoms. The zero-order valence-corrected chi connectivity index (χ0v) is 14.6. The summed E-state index contributed by atoms with van der Waals surface area (Å²) in [5.74, 6) is 0. The number of benzene rings is 2. The van der Waals surface area contributed by atoms with Gasteiger partial charge in [0.25, 0.3) is 0 Å². The quantitative estimate of drug-likeness (QED) is 0.739. The highest BCUT2D eigenvalue weighted by molar-refractivity contribution is 7.50. The van der Waals surface area contributed by atoms with Gasteiger partial charge in [-0.1, -0.05) is 109 Å². The van der Waals surface area contributed by atoms with Crippen LogP contribution in [0.1, 0.15) is 12.8 Å². The molecule has 0 aromatic heterocycles. The average molecular weight is 297 g/mol. The minimum Gasteiger partial charge on any atom is -0.0669 e. The summed E-state index contributed by atoms with van der Waals surface area (Å²) in [5, 5.41) is 3.38. The molecule has 0 unspecified atom stereocenters. The first-order valence-electron chi connectivity index (χ1n) is 7.78. The fourth-order valence-corrected chi connectivity index (χ4v) is 20.0. The summed E-state index contributed by atoms with van der Waals surface area (Å²) in [7, 11) is -2.74. The summed E-state index contributed by atoms with van der Waals surface area (Å²) >= 11 is 0. The summed E-state index contributed by atoms with van der Waals surface area (Å²) in [5.41, 5.74) is 0. The fraction of sp³-hybridized carbons (Fsp3) is 0.333. The third-order valence-electron chi connectivity index (χ3n) is 5.64. The number of hydrogen-bond donors (Lipinski definition) is 0. The molecule has 0 amide bonds. The predicted octanol–water partition coefficient (Wildman–Crippen LogP) is 3.83. The molecule has 2 aromatic rings. The van der Waals surface area contributed by atoms with Crippen molar-refractivity contribution in [2.45, 2.75) is 38.0 Å². The van der Waals surface area contributed by atoms with Gasteiger partial charge >= 0.3 is 0 Å².